The van der Waals surface area contributed by atoms with Crippen LogP contribution in [0.5, 0.6) is 11.5 Å². The molecule has 0 spiro atoms. The van der Waals surface area contributed by atoms with Gasteiger partial charge in [-0.25, -0.2) is 4.98 Å². The lowest BCUT2D eigenvalue weighted by atomic mass is 10.0. The first kappa shape index (κ1) is 14.3. The zero-order valence-electron chi connectivity index (χ0n) is 13.2. The molecule has 25 heavy (non-hydrogen) atoms. The Kier molecular flexibility index (Phi) is 3.15. The van der Waals surface area contributed by atoms with Gasteiger partial charge in [-0.15, -0.1) is 11.3 Å². The number of nitrogens with two attached hydrogens (primary N) is 1. The maximum absolute atomic E-state index is 6.23. The van der Waals surface area contributed by atoms with Crippen molar-refractivity contribution in [2.24, 2.45) is 0 Å². The minimum Gasteiger partial charge on any atom is -0.454 e. The van der Waals surface area contributed by atoms with Gasteiger partial charge in [0.2, 0.25) is 6.79 Å². The molecule has 0 amide bonds. The number of anilines is 1. The molecule has 0 atom stereocenters. The van der Waals surface area contributed by atoms with Crippen molar-refractivity contribution in [3.05, 3.63) is 60.1 Å². The van der Waals surface area contributed by atoms with E-state index >= 15 is 0 Å². The number of nitrogens with zero attached hydrogens (tertiary/aromatic N) is 1. The van der Waals surface area contributed by atoms with Gasteiger partial charge in [-0.1, -0.05) is 36.4 Å². The molecule has 3 heterocycles. The Morgan fingerprint density at radius 2 is 1.76 bits per heavy atom. The predicted molar refractivity (Wildman–Crippen MR) is 101 cm³/mol. The molecular weight excluding hydrogens is 332 g/mol. The fourth-order valence-corrected chi connectivity index (χ4v) is 4.29. The van der Waals surface area contributed by atoms with Crippen LogP contribution in [0.1, 0.15) is 0 Å². The van der Waals surface area contributed by atoms with E-state index in [0.717, 1.165) is 43.8 Å². The largest absolute Gasteiger partial charge is 0.454 e. The van der Waals surface area contributed by atoms with E-state index in [1.807, 2.05) is 42.6 Å². The van der Waals surface area contributed by atoms with Crippen molar-refractivity contribution in [1.29, 1.82) is 0 Å². The second kappa shape index (κ2) is 5.50. The van der Waals surface area contributed by atoms with Crippen LogP contribution in [0.2, 0.25) is 0 Å². The molecule has 1 aliphatic rings. The summed E-state index contributed by atoms with van der Waals surface area (Å²) >= 11 is 1.69. The topological polar surface area (TPSA) is 57.4 Å². The zero-order chi connectivity index (χ0) is 16.8. The van der Waals surface area contributed by atoms with Gasteiger partial charge in [-0.2, -0.15) is 0 Å². The number of fused-ring (bicyclic) bond motifs is 2. The highest BCUT2D eigenvalue weighted by Gasteiger charge is 2.18. The van der Waals surface area contributed by atoms with Crippen LogP contribution >= 0.6 is 11.3 Å². The number of hydrogen-bond donors (Lipinski definition) is 1. The van der Waals surface area contributed by atoms with Gasteiger partial charge in [0.05, 0.1) is 0 Å². The first-order valence-electron chi connectivity index (χ1n) is 7.92. The van der Waals surface area contributed by atoms with Gasteiger partial charge in [-0.05, 0) is 28.6 Å². The number of hydrogen-bond acceptors (Lipinski definition) is 5. The highest BCUT2D eigenvalue weighted by molar-refractivity contribution is 7.18. The van der Waals surface area contributed by atoms with Gasteiger partial charge in [-0.3, -0.25) is 0 Å². The van der Waals surface area contributed by atoms with E-state index in [-0.39, 0.29) is 6.79 Å². The molecule has 4 nitrogen and oxygen atoms in total. The average Bonchev–Trinajstić information content (AvgIpc) is 3.29. The van der Waals surface area contributed by atoms with Crippen LogP contribution in [0.4, 0.5) is 5.82 Å². The van der Waals surface area contributed by atoms with Crippen LogP contribution in [0, 0.1) is 0 Å². The van der Waals surface area contributed by atoms with Crippen LogP contribution < -0.4 is 15.2 Å². The van der Waals surface area contributed by atoms with Crippen molar-refractivity contribution < 1.29 is 9.47 Å². The van der Waals surface area contributed by atoms with Gasteiger partial charge < -0.3 is 15.2 Å². The Morgan fingerprint density at radius 1 is 0.920 bits per heavy atom. The summed E-state index contributed by atoms with van der Waals surface area (Å²) in [6.07, 6.45) is 1.83. The number of pyridine rings is 1. The third-order valence-electron chi connectivity index (χ3n) is 4.39. The van der Waals surface area contributed by atoms with E-state index in [1.54, 1.807) is 11.3 Å². The molecule has 0 saturated carbocycles. The third kappa shape index (κ3) is 2.24. The van der Waals surface area contributed by atoms with Crippen LogP contribution in [-0.2, 0) is 0 Å². The summed E-state index contributed by atoms with van der Waals surface area (Å²) in [4.78, 5) is 4.45. The minimum absolute atomic E-state index is 0.269. The third-order valence-corrected chi connectivity index (χ3v) is 5.41. The quantitative estimate of drug-likeness (QED) is 0.558. The number of nitrogen functional groups attached to an aromatic ring is 1. The van der Waals surface area contributed by atoms with Crippen LogP contribution in [0.3, 0.4) is 0 Å². The summed E-state index contributed by atoms with van der Waals surface area (Å²) < 4.78 is 12.0. The van der Waals surface area contributed by atoms with E-state index in [4.69, 9.17) is 15.2 Å². The minimum atomic E-state index is 0.269. The number of ether oxygens (including phenoxy) is 2. The fourth-order valence-electron chi connectivity index (χ4n) is 3.17. The van der Waals surface area contributed by atoms with Crippen molar-refractivity contribution in [3.63, 3.8) is 0 Å². The van der Waals surface area contributed by atoms with Crippen molar-refractivity contribution in [3.8, 4) is 33.8 Å². The molecule has 2 aromatic heterocycles. The Bertz CT molecular complexity index is 1090. The highest BCUT2D eigenvalue weighted by Crippen LogP contribution is 2.43. The molecular formula is C20H14N2O2S. The van der Waals surface area contributed by atoms with E-state index in [2.05, 4.69) is 22.5 Å². The van der Waals surface area contributed by atoms with Gasteiger partial charge in [0, 0.05) is 27.4 Å². The number of rotatable bonds is 2. The SMILES string of the molecule is Nc1ncc(-c2ccc3c(c2)OCO3)c2scc(-c3ccccc3)c12. The smallest absolute Gasteiger partial charge is 0.231 e. The fraction of sp³-hybridized carbons (Fsp3) is 0.0500. The molecule has 2 N–H and O–H groups in total. The molecule has 4 aromatic rings. The molecule has 5 heteroatoms. The number of aromatic nitrogens is 1. The van der Waals surface area contributed by atoms with E-state index in [9.17, 15) is 0 Å². The van der Waals surface area contributed by atoms with Gasteiger partial charge in [0.15, 0.2) is 11.5 Å². The first-order valence-corrected chi connectivity index (χ1v) is 8.80. The average molecular weight is 346 g/mol. The molecule has 0 unspecified atom stereocenters. The molecule has 1 aliphatic heterocycles. The Morgan fingerprint density at radius 3 is 2.64 bits per heavy atom. The molecule has 0 saturated heterocycles. The maximum Gasteiger partial charge on any atom is 0.231 e. The van der Waals surface area contributed by atoms with E-state index in [0.29, 0.717) is 5.82 Å². The Labute approximate surface area is 148 Å². The number of thiophene rings is 1. The van der Waals surface area contributed by atoms with Crippen molar-refractivity contribution in [1.82, 2.24) is 4.98 Å². The predicted octanol–water partition coefficient (Wildman–Crippen LogP) is 4.94. The van der Waals surface area contributed by atoms with Gasteiger partial charge in [0.25, 0.3) is 0 Å². The monoisotopic (exact) mass is 346 g/mol. The lowest BCUT2D eigenvalue weighted by Gasteiger charge is -2.07. The summed E-state index contributed by atoms with van der Waals surface area (Å²) in [5.74, 6) is 2.10. The molecule has 0 fully saturated rings. The second-order valence-electron chi connectivity index (χ2n) is 5.84. The lowest BCUT2D eigenvalue weighted by molar-refractivity contribution is 0.174. The number of benzene rings is 2. The van der Waals surface area contributed by atoms with Gasteiger partial charge in [0.1, 0.15) is 5.82 Å². The molecule has 0 aliphatic carbocycles. The molecule has 2 aromatic carbocycles. The Balaban J connectivity index is 1.73. The summed E-state index contributed by atoms with van der Waals surface area (Å²) in [6.45, 7) is 0.269. The zero-order valence-corrected chi connectivity index (χ0v) is 14.0. The summed E-state index contributed by atoms with van der Waals surface area (Å²) in [5.41, 5.74) is 10.6. The standard InChI is InChI=1S/C20H14N2O2S/c21-20-18-15(12-4-2-1-3-5-12)10-25-19(18)14(9-22-20)13-6-7-16-17(8-13)24-11-23-16/h1-10H,11H2,(H2,21,22). The Hall–Kier alpha value is -3.05. The highest BCUT2D eigenvalue weighted by atomic mass is 32.1. The molecule has 5 rings (SSSR count). The first-order chi connectivity index (χ1) is 12.3. The van der Waals surface area contributed by atoms with Crippen LogP contribution in [0.25, 0.3) is 32.3 Å². The van der Waals surface area contributed by atoms with Crippen molar-refractivity contribution in [2.75, 3.05) is 12.5 Å². The van der Waals surface area contributed by atoms with Crippen molar-refractivity contribution >= 4 is 27.2 Å². The van der Waals surface area contributed by atoms with E-state index < -0.39 is 0 Å². The molecule has 0 radical (unpaired) electrons. The maximum atomic E-state index is 6.23. The van der Waals surface area contributed by atoms with Crippen molar-refractivity contribution in [2.45, 2.75) is 0 Å². The molecule has 122 valence electrons. The van der Waals surface area contributed by atoms with Crippen LogP contribution in [-0.4, -0.2) is 11.8 Å². The molecule has 0 bridgehead atoms. The van der Waals surface area contributed by atoms with Crippen LogP contribution in [0.15, 0.2) is 60.1 Å². The summed E-state index contributed by atoms with van der Waals surface area (Å²) in [7, 11) is 0. The van der Waals surface area contributed by atoms with E-state index in [1.165, 1.54) is 0 Å². The second-order valence-corrected chi connectivity index (χ2v) is 6.72. The lowest BCUT2D eigenvalue weighted by Crippen LogP contribution is -1.93. The van der Waals surface area contributed by atoms with Gasteiger partial charge >= 0.3 is 0 Å². The summed E-state index contributed by atoms with van der Waals surface area (Å²) in [5, 5.41) is 3.15. The summed E-state index contributed by atoms with van der Waals surface area (Å²) in [6, 6.07) is 16.2. The normalized spacial score (nSPS) is 12.6.